The number of carbonyl (C=O) groups is 1. The number of halogens is 1. The zero-order valence-corrected chi connectivity index (χ0v) is 14.8. The molecular formula is C15H16ClN3O5S. The maximum Gasteiger partial charge on any atom is 0.337 e. The quantitative estimate of drug-likeness (QED) is 0.292. The molecule has 0 saturated heterocycles. The molecular weight excluding hydrogens is 370 g/mol. The van der Waals surface area contributed by atoms with Gasteiger partial charge in [0.2, 0.25) is 0 Å². The summed E-state index contributed by atoms with van der Waals surface area (Å²) in [7, 11) is 0. The highest BCUT2D eigenvalue weighted by atomic mass is 35.5. The molecule has 10 heteroatoms. The molecule has 0 bridgehead atoms. The van der Waals surface area contributed by atoms with Crippen molar-refractivity contribution in [2.24, 2.45) is 0 Å². The van der Waals surface area contributed by atoms with Crippen LogP contribution in [0.3, 0.4) is 0 Å². The van der Waals surface area contributed by atoms with E-state index in [-0.39, 0.29) is 30.9 Å². The molecule has 2 rings (SSSR count). The van der Waals surface area contributed by atoms with E-state index in [1.54, 1.807) is 6.92 Å². The maximum atomic E-state index is 12.3. The summed E-state index contributed by atoms with van der Waals surface area (Å²) in [5.41, 5.74) is 1.00. The van der Waals surface area contributed by atoms with Crippen LogP contribution in [0, 0.1) is 10.1 Å². The zero-order chi connectivity index (χ0) is 18.6. The van der Waals surface area contributed by atoms with Crippen molar-refractivity contribution in [3.05, 3.63) is 50.2 Å². The molecule has 0 aliphatic carbocycles. The van der Waals surface area contributed by atoms with E-state index in [1.807, 2.05) is 0 Å². The van der Waals surface area contributed by atoms with E-state index in [4.69, 9.17) is 28.6 Å². The maximum absolute atomic E-state index is 12.3. The van der Waals surface area contributed by atoms with Crippen molar-refractivity contribution in [3.63, 3.8) is 0 Å². The van der Waals surface area contributed by atoms with Crippen molar-refractivity contribution in [1.29, 1.82) is 0 Å². The van der Waals surface area contributed by atoms with Crippen LogP contribution in [-0.4, -0.2) is 40.4 Å². The Labute approximate surface area is 154 Å². The minimum absolute atomic E-state index is 0.0700. The first-order chi connectivity index (χ1) is 11.8. The fraction of sp³-hybridized carbons (Fsp3) is 0.333. The number of nitrogens with zero attached hydrogens (tertiary/aromatic N) is 1. The Bertz CT molecular complexity index is 753. The van der Waals surface area contributed by atoms with E-state index in [1.165, 1.54) is 18.2 Å². The lowest BCUT2D eigenvalue weighted by molar-refractivity contribution is -0.385. The van der Waals surface area contributed by atoms with Crippen LogP contribution >= 0.6 is 23.8 Å². The van der Waals surface area contributed by atoms with Crippen molar-refractivity contribution < 1.29 is 19.6 Å². The van der Waals surface area contributed by atoms with E-state index in [9.17, 15) is 20.0 Å². The second kappa shape index (κ2) is 8.24. The molecule has 1 unspecified atom stereocenters. The lowest BCUT2D eigenvalue weighted by Crippen LogP contribution is -2.51. The molecule has 0 amide bonds. The Morgan fingerprint density at radius 1 is 1.52 bits per heavy atom. The summed E-state index contributed by atoms with van der Waals surface area (Å²) < 4.78 is 5.20. The smallest absolute Gasteiger partial charge is 0.337 e. The number of nitro groups is 1. The number of rotatable bonds is 6. The molecule has 0 aromatic heterocycles. The fourth-order valence-corrected chi connectivity index (χ4v) is 2.95. The number of ether oxygens (including phenoxy) is 1. The summed E-state index contributed by atoms with van der Waals surface area (Å²) >= 11 is 10.8. The number of hydrogen-bond donors (Lipinski definition) is 3. The van der Waals surface area contributed by atoms with Crippen LogP contribution in [0.1, 0.15) is 12.5 Å². The highest BCUT2D eigenvalue weighted by Crippen LogP contribution is 2.23. The third kappa shape index (κ3) is 4.65. The normalized spacial score (nSPS) is 16.9. The summed E-state index contributed by atoms with van der Waals surface area (Å²) in [6.45, 7) is 1.25. The molecule has 3 N–H and O–H groups in total. The van der Waals surface area contributed by atoms with Crippen LogP contribution in [0.2, 0.25) is 5.02 Å². The number of nitrogens with one attached hydrogen (secondary N) is 2. The predicted octanol–water partition coefficient (Wildman–Crippen LogP) is 1.45. The van der Waals surface area contributed by atoms with Gasteiger partial charge in [0.25, 0.3) is 5.69 Å². The predicted molar refractivity (Wildman–Crippen MR) is 95.2 cm³/mol. The van der Waals surface area contributed by atoms with Crippen molar-refractivity contribution in [2.75, 3.05) is 13.2 Å². The number of nitro benzene ring substituents is 1. The van der Waals surface area contributed by atoms with E-state index in [0.29, 0.717) is 21.4 Å². The van der Waals surface area contributed by atoms with Gasteiger partial charge in [0.1, 0.15) is 0 Å². The molecule has 8 nitrogen and oxygen atoms in total. The number of aliphatic hydroxyl groups is 1. The molecule has 0 spiro atoms. The largest absolute Gasteiger partial charge is 0.462 e. The van der Waals surface area contributed by atoms with Crippen LogP contribution < -0.4 is 10.6 Å². The minimum atomic E-state index is -0.665. The van der Waals surface area contributed by atoms with Gasteiger partial charge >= 0.3 is 5.97 Å². The number of benzene rings is 1. The van der Waals surface area contributed by atoms with Gasteiger partial charge < -0.3 is 20.5 Å². The van der Waals surface area contributed by atoms with Gasteiger partial charge in [-0.25, -0.2) is 4.79 Å². The van der Waals surface area contributed by atoms with Crippen LogP contribution in [0.5, 0.6) is 0 Å². The third-order valence-electron chi connectivity index (χ3n) is 3.60. The van der Waals surface area contributed by atoms with Crippen LogP contribution in [0.15, 0.2) is 29.5 Å². The second-order valence-corrected chi connectivity index (χ2v) is 6.13. The van der Waals surface area contributed by atoms with E-state index >= 15 is 0 Å². The Morgan fingerprint density at radius 2 is 2.24 bits per heavy atom. The van der Waals surface area contributed by atoms with Gasteiger partial charge in [0.15, 0.2) is 5.11 Å². The highest BCUT2D eigenvalue weighted by Gasteiger charge is 2.29. The highest BCUT2D eigenvalue weighted by molar-refractivity contribution is 7.80. The molecule has 0 fully saturated rings. The van der Waals surface area contributed by atoms with Gasteiger partial charge in [0, 0.05) is 28.8 Å². The lowest BCUT2D eigenvalue weighted by atomic mass is 10.0. The van der Waals surface area contributed by atoms with E-state index in [0.717, 1.165) is 0 Å². The van der Waals surface area contributed by atoms with Gasteiger partial charge in [-0.1, -0.05) is 11.6 Å². The Morgan fingerprint density at radius 3 is 2.88 bits per heavy atom. The van der Waals surface area contributed by atoms with E-state index in [2.05, 4.69) is 10.6 Å². The van der Waals surface area contributed by atoms with Crippen LogP contribution in [-0.2, 0) is 16.0 Å². The Hall–Kier alpha value is -2.23. The molecule has 1 heterocycles. The second-order valence-electron chi connectivity index (χ2n) is 5.29. The molecule has 1 aromatic rings. The average molecular weight is 386 g/mol. The number of carbonyl (C=O) groups excluding carboxylic acids is 1. The van der Waals surface area contributed by atoms with E-state index < -0.39 is 16.9 Å². The molecule has 1 atom stereocenters. The number of thiocarbonyl (C=S) groups is 1. The third-order valence-corrected chi connectivity index (χ3v) is 4.06. The van der Waals surface area contributed by atoms with Gasteiger partial charge in [-0.3, -0.25) is 10.1 Å². The molecule has 1 aromatic carbocycles. The fourth-order valence-electron chi connectivity index (χ4n) is 2.46. The van der Waals surface area contributed by atoms with Crippen molar-refractivity contribution in [1.82, 2.24) is 10.6 Å². The summed E-state index contributed by atoms with van der Waals surface area (Å²) in [5.74, 6) is -0.635. The molecule has 0 saturated carbocycles. The van der Waals surface area contributed by atoms with Crippen molar-refractivity contribution in [2.45, 2.75) is 19.4 Å². The van der Waals surface area contributed by atoms with Crippen LogP contribution in [0.25, 0.3) is 0 Å². The Balaban J connectivity index is 2.06. The lowest BCUT2D eigenvalue weighted by Gasteiger charge is -2.28. The first-order valence-corrected chi connectivity index (χ1v) is 8.11. The molecule has 25 heavy (non-hydrogen) atoms. The number of esters is 1. The standard InChI is InChI=1S/C15H16ClN3O5S/c1-8-13(11(7-20)18-15(25)17-8)14(21)24-5-4-9-6-10(16)2-3-12(9)19(22)23/h2-3,6,11,20H,4-5,7H2,1H3,(H2,17,18,25). The summed E-state index contributed by atoms with van der Waals surface area (Å²) in [5, 5.41) is 26.7. The number of hydrogen-bond acceptors (Lipinski definition) is 6. The van der Waals surface area contributed by atoms with Crippen molar-refractivity contribution in [3.8, 4) is 0 Å². The van der Waals surface area contributed by atoms with Gasteiger partial charge in [-0.05, 0) is 31.3 Å². The SMILES string of the molecule is CC1=C(C(=O)OCCc2cc(Cl)ccc2[N+](=O)[O-])C(CO)NC(=S)N1. The monoisotopic (exact) mass is 385 g/mol. The van der Waals surface area contributed by atoms with Gasteiger partial charge in [-0.15, -0.1) is 0 Å². The molecule has 134 valence electrons. The molecule has 1 aliphatic heterocycles. The summed E-state index contributed by atoms with van der Waals surface area (Å²) in [6, 6.07) is 3.54. The van der Waals surface area contributed by atoms with Crippen molar-refractivity contribution >= 4 is 40.6 Å². The Kier molecular flexibility index (Phi) is 6.29. The minimum Gasteiger partial charge on any atom is -0.462 e. The van der Waals surface area contributed by atoms with Crippen LogP contribution in [0.4, 0.5) is 5.69 Å². The first-order valence-electron chi connectivity index (χ1n) is 7.32. The number of allylic oxidation sites excluding steroid dienone is 1. The first kappa shape index (κ1) is 19.1. The number of aliphatic hydroxyl groups excluding tert-OH is 1. The molecule has 1 aliphatic rings. The summed E-state index contributed by atoms with van der Waals surface area (Å²) in [6.07, 6.45) is 0.137. The molecule has 0 radical (unpaired) electrons. The average Bonchev–Trinajstić information content (AvgIpc) is 2.53. The zero-order valence-electron chi connectivity index (χ0n) is 13.2. The van der Waals surface area contributed by atoms with Gasteiger partial charge in [-0.2, -0.15) is 0 Å². The van der Waals surface area contributed by atoms with Gasteiger partial charge in [0.05, 0.1) is 29.8 Å². The summed E-state index contributed by atoms with van der Waals surface area (Å²) in [4.78, 5) is 22.8. The topological polar surface area (TPSA) is 114 Å².